The van der Waals surface area contributed by atoms with Gasteiger partial charge in [0.1, 0.15) is 18.2 Å². The highest BCUT2D eigenvalue weighted by Gasteiger charge is 2.37. The van der Waals surface area contributed by atoms with Crippen LogP contribution < -0.4 is 4.90 Å². The zero-order valence-corrected chi connectivity index (χ0v) is 17.8. The third kappa shape index (κ3) is 4.93. The van der Waals surface area contributed by atoms with Crippen molar-refractivity contribution in [2.75, 3.05) is 11.4 Å². The van der Waals surface area contributed by atoms with Gasteiger partial charge in [0.2, 0.25) is 5.91 Å². The van der Waals surface area contributed by atoms with Gasteiger partial charge in [-0.3, -0.25) is 9.59 Å². The fourth-order valence-electron chi connectivity index (χ4n) is 3.62. The molecule has 2 aromatic carbocycles. The molecule has 8 heteroatoms. The van der Waals surface area contributed by atoms with Gasteiger partial charge in [-0.1, -0.05) is 53.1 Å². The minimum atomic E-state index is -0.964. The summed E-state index contributed by atoms with van der Waals surface area (Å²) in [6, 6.07) is 14.0. The molecule has 0 spiro atoms. The van der Waals surface area contributed by atoms with Crippen LogP contribution in [0.15, 0.2) is 53.6 Å². The maximum Gasteiger partial charge on any atom is 0.326 e. The molecule has 0 radical (unpaired) electrons. The third-order valence-corrected chi connectivity index (χ3v) is 5.00. The van der Waals surface area contributed by atoms with E-state index in [1.165, 1.54) is 4.90 Å². The Morgan fingerprint density at radius 1 is 1.27 bits per heavy atom. The van der Waals surface area contributed by atoms with Crippen molar-refractivity contribution in [3.05, 3.63) is 75.1 Å². The van der Waals surface area contributed by atoms with Crippen LogP contribution in [0.1, 0.15) is 44.2 Å². The highest BCUT2D eigenvalue weighted by atomic mass is 35.5. The molecule has 3 rings (SSSR count). The van der Waals surface area contributed by atoms with E-state index in [0.717, 1.165) is 11.1 Å². The second-order valence-corrected chi connectivity index (χ2v) is 8.57. The van der Waals surface area contributed by atoms with E-state index in [1.807, 2.05) is 36.4 Å². The molecule has 0 saturated heterocycles. The van der Waals surface area contributed by atoms with Crippen molar-refractivity contribution in [3.8, 4) is 0 Å². The van der Waals surface area contributed by atoms with E-state index in [9.17, 15) is 9.59 Å². The first-order valence-corrected chi connectivity index (χ1v) is 9.99. The van der Waals surface area contributed by atoms with Gasteiger partial charge in [-0.05, 0) is 56.0 Å². The van der Waals surface area contributed by atoms with Crippen LogP contribution in [0.3, 0.4) is 0 Å². The standard InChI is InChI=1S/C22H23ClN4O3/c1-22(2,3)30-20(28)13-27-19-11-15(23)9-10-16(19)17(14-7-5-4-6-8-14)12-18(21(27)29)25-26-24/h4-11,17-18H,12-13H2,1-3H3/t17-,18-/m1/s1. The first kappa shape index (κ1) is 21.7. The summed E-state index contributed by atoms with van der Waals surface area (Å²) in [5.74, 6) is -1.22. The van der Waals surface area contributed by atoms with Crippen LogP contribution >= 0.6 is 11.6 Å². The lowest BCUT2D eigenvalue weighted by Crippen LogP contribution is -2.42. The number of carbonyl (C=O) groups is 2. The predicted octanol–water partition coefficient (Wildman–Crippen LogP) is 5.23. The van der Waals surface area contributed by atoms with Crippen LogP contribution in [0.5, 0.6) is 0 Å². The van der Waals surface area contributed by atoms with Gasteiger partial charge in [-0.25, -0.2) is 0 Å². The van der Waals surface area contributed by atoms with Crippen LogP contribution in [0.25, 0.3) is 10.4 Å². The summed E-state index contributed by atoms with van der Waals surface area (Å²) in [6.45, 7) is 4.97. The van der Waals surface area contributed by atoms with Crippen molar-refractivity contribution in [1.82, 2.24) is 0 Å². The Bertz CT molecular complexity index is 997. The lowest BCUT2D eigenvalue weighted by molar-refractivity contribution is -0.153. The van der Waals surface area contributed by atoms with Gasteiger partial charge in [0, 0.05) is 21.5 Å². The Kier molecular flexibility index (Phi) is 6.34. The normalized spacial score (nSPS) is 18.8. The van der Waals surface area contributed by atoms with Crippen LogP contribution in [-0.2, 0) is 14.3 Å². The van der Waals surface area contributed by atoms with Crippen LogP contribution in [0.4, 0.5) is 5.69 Å². The fraction of sp³-hybridized carbons (Fsp3) is 0.364. The maximum absolute atomic E-state index is 13.3. The fourth-order valence-corrected chi connectivity index (χ4v) is 3.79. The number of azide groups is 1. The summed E-state index contributed by atoms with van der Waals surface area (Å²) < 4.78 is 5.41. The van der Waals surface area contributed by atoms with Crippen molar-refractivity contribution >= 4 is 29.2 Å². The average molecular weight is 427 g/mol. The molecule has 0 bridgehead atoms. The van der Waals surface area contributed by atoms with Gasteiger partial charge in [-0.2, -0.15) is 0 Å². The van der Waals surface area contributed by atoms with Crippen LogP contribution in [-0.4, -0.2) is 30.1 Å². The lowest BCUT2D eigenvalue weighted by Gasteiger charge is -2.26. The quantitative estimate of drug-likeness (QED) is 0.290. The van der Waals surface area contributed by atoms with Gasteiger partial charge in [0.05, 0.1) is 0 Å². The number of carbonyl (C=O) groups excluding carboxylic acids is 2. The number of hydrogen-bond acceptors (Lipinski definition) is 4. The minimum Gasteiger partial charge on any atom is -0.459 e. The molecule has 30 heavy (non-hydrogen) atoms. The number of benzene rings is 2. The molecule has 156 valence electrons. The molecule has 1 aliphatic heterocycles. The molecule has 1 aliphatic rings. The third-order valence-electron chi connectivity index (χ3n) is 4.77. The molecule has 2 aromatic rings. The monoisotopic (exact) mass is 426 g/mol. The zero-order valence-electron chi connectivity index (χ0n) is 17.1. The summed E-state index contributed by atoms with van der Waals surface area (Å²) in [5, 5.41) is 4.18. The van der Waals surface area contributed by atoms with Crippen molar-refractivity contribution in [1.29, 1.82) is 0 Å². The summed E-state index contributed by atoms with van der Waals surface area (Å²) >= 11 is 6.24. The predicted molar refractivity (Wildman–Crippen MR) is 115 cm³/mol. The van der Waals surface area contributed by atoms with Gasteiger partial charge in [-0.15, -0.1) is 0 Å². The molecular formula is C22H23ClN4O3. The van der Waals surface area contributed by atoms with E-state index in [2.05, 4.69) is 10.0 Å². The number of ether oxygens (including phenoxy) is 1. The molecule has 0 fully saturated rings. The van der Waals surface area contributed by atoms with Crippen LogP contribution in [0.2, 0.25) is 5.02 Å². The van der Waals surface area contributed by atoms with E-state index in [1.54, 1.807) is 32.9 Å². The number of halogens is 1. The number of amides is 1. The molecule has 0 saturated carbocycles. The van der Waals surface area contributed by atoms with E-state index >= 15 is 0 Å². The largest absolute Gasteiger partial charge is 0.459 e. The summed E-state index contributed by atoms with van der Waals surface area (Å²) in [6.07, 6.45) is 0.284. The molecule has 0 unspecified atom stereocenters. The van der Waals surface area contributed by atoms with Gasteiger partial charge >= 0.3 is 5.97 Å². The molecule has 2 atom stereocenters. The Balaban J connectivity index is 2.12. The number of esters is 1. The van der Waals surface area contributed by atoms with Crippen LogP contribution in [0, 0.1) is 0 Å². The first-order valence-electron chi connectivity index (χ1n) is 9.61. The highest BCUT2D eigenvalue weighted by molar-refractivity contribution is 6.31. The lowest BCUT2D eigenvalue weighted by atomic mass is 9.86. The Morgan fingerprint density at radius 3 is 2.60 bits per heavy atom. The Labute approximate surface area is 180 Å². The minimum absolute atomic E-state index is 0.207. The summed E-state index contributed by atoms with van der Waals surface area (Å²) in [7, 11) is 0. The van der Waals surface area contributed by atoms with Crippen molar-refractivity contribution in [3.63, 3.8) is 0 Å². The highest BCUT2D eigenvalue weighted by Crippen LogP contribution is 2.41. The Hall–Kier alpha value is -3.02. The molecule has 0 N–H and O–H groups in total. The number of fused-ring (bicyclic) bond motifs is 1. The Morgan fingerprint density at radius 2 is 1.97 bits per heavy atom. The SMILES string of the molecule is CC(C)(C)OC(=O)CN1C(=O)[C@H](N=[N+]=[N-])C[C@H](c2ccccc2)c2ccc(Cl)cc21. The molecule has 0 aromatic heterocycles. The topological polar surface area (TPSA) is 95.4 Å². The van der Waals surface area contributed by atoms with E-state index in [-0.39, 0.29) is 18.9 Å². The van der Waals surface area contributed by atoms with Crippen molar-refractivity contribution in [2.45, 2.75) is 44.8 Å². The van der Waals surface area contributed by atoms with E-state index < -0.39 is 23.5 Å². The zero-order chi connectivity index (χ0) is 21.9. The molecule has 1 amide bonds. The maximum atomic E-state index is 13.3. The average Bonchev–Trinajstić information content (AvgIpc) is 2.78. The van der Waals surface area contributed by atoms with Gasteiger partial charge in [0.15, 0.2) is 0 Å². The van der Waals surface area contributed by atoms with Gasteiger partial charge < -0.3 is 9.64 Å². The molecule has 0 aliphatic carbocycles. The second-order valence-electron chi connectivity index (χ2n) is 8.13. The van der Waals surface area contributed by atoms with Crippen molar-refractivity contribution < 1.29 is 14.3 Å². The summed E-state index contributed by atoms with van der Waals surface area (Å²) in [5.41, 5.74) is 10.7. The smallest absolute Gasteiger partial charge is 0.326 e. The van der Waals surface area contributed by atoms with E-state index in [4.69, 9.17) is 21.9 Å². The van der Waals surface area contributed by atoms with Crippen molar-refractivity contribution in [2.24, 2.45) is 5.11 Å². The molecule has 7 nitrogen and oxygen atoms in total. The number of rotatable bonds is 4. The number of nitrogens with zero attached hydrogens (tertiary/aromatic N) is 4. The van der Waals surface area contributed by atoms with E-state index in [0.29, 0.717) is 10.7 Å². The number of anilines is 1. The van der Waals surface area contributed by atoms with Gasteiger partial charge in [0.25, 0.3) is 0 Å². The molecule has 1 heterocycles. The number of hydrogen-bond donors (Lipinski definition) is 0. The second kappa shape index (κ2) is 8.78. The molecular weight excluding hydrogens is 404 g/mol. The summed E-state index contributed by atoms with van der Waals surface area (Å²) in [4.78, 5) is 30.0. The first-order chi connectivity index (χ1) is 14.2.